The number of hydrogen-bond donors (Lipinski definition) is 1. The maximum absolute atomic E-state index is 12.7. The number of aromatic nitrogens is 3. The summed E-state index contributed by atoms with van der Waals surface area (Å²) in [5.41, 5.74) is 2.68. The van der Waals surface area contributed by atoms with Gasteiger partial charge in [0, 0.05) is 19.6 Å². The third-order valence-corrected chi connectivity index (χ3v) is 5.53. The van der Waals surface area contributed by atoms with Gasteiger partial charge in [-0.25, -0.2) is 4.98 Å². The summed E-state index contributed by atoms with van der Waals surface area (Å²) < 4.78 is 5.34. The quantitative estimate of drug-likeness (QED) is 0.621. The van der Waals surface area contributed by atoms with E-state index < -0.39 is 0 Å². The molecule has 2 aromatic heterocycles. The molecule has 7 nitrogen and oxygen atoms in total. The van der Waals surface area contributed by atoms with Crippen LogP contribution in [0.4, 0.5) is 5.82 Å². The molecule has 1 saturated heterocycles. The number of nitrogens with zero attached hydrogens (tertiary/aromatic N) is 4. The van der Waals surface area contributed by atoms with E-state index in [2.05, 4.69) is 37.5 Å². The lowest BCUT2D eigenvalue weighted by Crippen LogP contribution is -2.43. The van der Waals surface area contributed by atoms with Gasteiger partial charge in [0.2, 0.25) is 5.91 Å². The molecule has 1 N–H and O–H groups in total. The fourth-order valence-corrected chi connectivity index (χ4v) is 3.98. The first-order valence-corrected chi connectivity index (χ1v) is 10.4. The standard InChI is InChI=1S/C22H27N5O2/c1-2-18-19-20(24-15-25-22(19)29-26-18)27-13-7-11-17(14-27)21(28)23-12-6-10-16-8-4-3-5-9-16/h3-5,8-9,15,17H,2,6-7,10-14H2,1H3,(H,23,28)/t17-/m0/s1. The Bertz CT molecular complexity index is 956. The Kier molecular flexibility index (Phi) is 6.03. The number of carbonyl (C=O) groups is 1. The van der Waals surface area contributed by atoms with Gasteiger partial charge in [0.15, 0.2) is 0 Å². The van der Waals surface area contributed by atoms with Crippen LogP contribution in [0.5, 0.6) is 0 Å². The number of hydrogen-bond acceptors (Lipinski definition) is 6. The predicted molar refractivity (Wildman–Crippen MR) is 112 cm³/mol. The van der Waals surface area contributed by atoms with Crippen molar-refractivity contribution in [3.63, 3.8) is 0 Å². The van der Waals surface area contributed by atoms with E-state index in [1.54, 1.807) is 0 Å². The van der Waals surface area contributed by atoms with E-state index in [9.17, 15) is 4.79 Å². The Morgan fingerprint density at radius 1 is 1.28 bits per heavy atom. The molecule has 3 aromatic rings. The topological polar surface area (TPSA) is 84.2 Å². The number of amides is 1. The zero-order chi connectivity index (χ0) is 20.1. The molecule has 1 atom stereocenters. The Hall–Kier alpha value is -2.96. The third-order valence-electron chi connectivity index (χ3n) is 5.53. The van der Waals surface area contributed by atoms with Crippen LogP contribution in [0.3, 0.4) is 0 Å². The minimum Gasteiger partial charge on any atom is -0.356 e. The molecule has 1 amide bonds. The van der Waals surface area contributed by atoms with Gasteiger partial charge in [-0.05, 0) is 37.7 Å². The Morgan fingerprint density at radius 2 is 2.14 bits per heavy atom. The van der Waals surface area contributed by atoms with Gasteiger partial charge >= 0.3 is 0 Å². The highest BCUT2D eigenvalue weighted by Crippen LogP contribution is 2.30. The van der Waals surface area contributed by atoms with Crippen molar-refractivity contribution < 1.29 is 9.32 Å². The average Bonchev–Trinajstić information content (AvgIpc) is 3.21. The van der Waals surface area contributed by atoms with Crippen molar-refractivity contribution >= 4 is 22.8 Å². The second-order valence-corrected chi connectivity index (χ2v) is 7.53. The fraction of sp³-hybridized carbons (Fsp3) is 0.455. The van der Waals surface area contributed by atoms with Crippen LogP contribution in [-0.2, 0) is 17.6 Å². The van der Waals surface area contributed by atoms with Crippen molar-refractivity contribution in [2.45, 2.75) is 39.0 Å². The third kappa shape index (κ3) is 4.39. The second kappa shape index (κ2) is 9.03. The van der Waals surface area contributed by atoms with Gasteiger partial charge in [-0.2, -0.15) is 4.98 Å². The highest BCUT2D eigenvalue weighted by Gasteiger charge is 2.28. The van der Waals surface area contributed by atoms with Gasteiger partial charge in [-0.3, -0.25) is 4.79 Å². The van der Waals surface area contributed by atoms with Crippen LogP contribution in [0.1, 0.15) is 37.4 Å². The molecule has 0 bridgehead atoms. The van der Waals surface area contributed by atoms with Crippen molar-refractivity contribution in [3.8, 4) is 0 Å². The first-order chi connectivity index (χ1) is 14.3. The van der Waals surface area contributed by atoms with E-state index in [0.717, 1.165) is 55.5 Å². The molecular formula is C22H27N5O2. The van der Waals surface area contributed by atoms with Crippen LogP contribution in [0.25, 0.3) is 11.1 Å². The summed E-state index contributed by atoms with van der Waals surface area (Å²) in [7, 11) is 0. The van der Waals surface area contributed by atoms with E-state index in [1.807, 2.05) is 25.1 Å². The average molecular weight is 393 g/mol. The molecule has 4 rings (SSSR count). The predicted octanol–water partition coefficient (Wildman–Crippen LogP) is 3.15. The normalized spacial score (nSPS) is 16.9. The molecule has 152 valence electrons. The monoisotopic (exact) mass is 393 g/mol. The molecule has 7 heteroatoms. The van der Waals surface area contributed by atoms with E-state index >= 15 is 0 Å². The SMILES string of the molecule is CCc1noc2ncnc(N3CCC[C@H](C(=O)NCCCc4ccccc4)C3)c12. The minimum absolute atomic E-state index is 0.0320. The van der Waals surface area contributed by atoms with Gasteiger partial charge in [-0.15, -0.1) is 0 Å². The lowest BCUT2D eigenvalue weighted by atomic mass is 9.96. The molecule has 29 heavy (non-hydrogen) atoms. The minimum atomic E-state index is -0.0320. The summed E-state index contributed by atoms with van der Waals surface area (Å²) in [5.74, 6) is 0.930. The lowest BCUT2D eigenvalue weighted by molar-refractivity contribution is -0.125. The zero-order valence-electron chi connectivity index (χ0n) is 16.8. The van der Waals surface area contributed by atoms with E-state index in [0.29, 0.717) is 18.8 Å². The Balaban J connectivity index is 1.36. The molecule has 3 heterocycles. The van der Waals surface area contributed by atoms with Crippen molar-refractivity contribution in [3.05, 3.63) is 47.9 Å². The number of fused-ring (bicyclic) bond motifs is 1. The van der Waals surface area contributed by atoms with Crippen molar-refractivity contribution in [2.24, 2.45) is 5.92 Å². The molecule has 1 aromatic carbocycles. The summed E-state index contributed by atoms with van der Waals surface area (Å²) in [4.78, 5) is 23.6. The van der Waals surface area contributed by atoms with Crippen LogP contribution in [0.15, 0.2) is 41.2 Å². The van der Waals surface area contributed by atoms with E-state index in [-0.39, 0.29) is 11.8 Å². The van der Waals surface area contributed by atoms with Crippen molar-refractivity contribution in [2.75, 3.05) is 24.5 Å². The molecule has 0 unspecified atom stereocenters. The number of benzene rings is 1. The van der Waals surface area contributed by atoms with Crippen LogP contribution >= 0.6 is 0 Å². The van der Waals surface area contributed by atoms with Crippen LogP contribution < -0.4 is 10.2 Å². The largest absolute Gasteiger partial charge is 0.356 e. The van der Waals surface area contributed by atoms with Crippen LogP contribution in [0, 0.1) is 5.92 Å². The number of piperidine rings is 1. The summed E-state index contributed by atoms with van der Waals surface area (Å²) in [6, 6.07) is 10.4. The number of aryl methyl sites for hydroxylation is 2. The number of carbonyl (C=O) groups excluding carboxylic acids is 1. The zero-order valence-corrected chi connectivity index (χ0v) is 16.8. The summed E-state index contributed by atoms with van der Waals surface area (Å²) in [5, 5.41) is 8.11. The lowest BCUT2D eigenvalue weighted by Gasteiger charge is -2.33. The van der Waals surface area contributed by atoms with Gasteiger partial charge in [0.05, 0.1) is 11.6 Å². The van der Waals surface area contributed by atoms with Crippen LogP contribution in [-0.4, -0.2) is 40.7 Å². The second-order valence-electron chi connectivity index (χ2n) is 7.53. The summed E-state index contributed by atoms with van der Waals surface area (Å²) in [6.45, 7) is 4.27. The maximum atomic E-state index is 12.7. The molecular weight excluding hydrogens is 366 g/mol. The Morgan fingerprint density at radius 3 is 2.97 bits per heavy atom. The van der Waals surface area contributed by atoms with Gasteiger partial charge < -0.3 is 14.7 Å². The van der Waals surface area contributed by atoms with Gasteiger partial charge in [-0.1, -0.05) is 42.4 Å². The smallest absolute Gasteiger partial charge is 0.263 e. The molecule has 1 aliphatic heterocycles. The van der Waals surface area contributed by atoms with E-state index in [1.165, 1.54) is 11.9 Å². The van der Waals surface area contributed by atoms with Crippen molar-refractivity contribution in [1.82, 2.24) is 20.4 Å². The number of nitrogens with one attached hydrogen (secondary N) is 1. The molecule has 1 aliphatic rings. The summed E-state index contributed by atoms with van der Waals surface area (Å²) >= 11 is 0. The molecule has 0 spiro atoms. The molecule has 0 aliphatic carbocycles. The Labute approximate surface area is 170 Å². The first kappa shape index (κ1) is 19.4. The van der Waals surface area contributed by atoms with Crippen molar-refractivity contribution in [1.29, 1.82) is 0 Å². The van der Waals surface area contributed by atoms with Gasteiger partial charge in [0.25, 0.3) is 5.71 Å². The molecule has 1 fully saturated rings. The highest BCUT2D eigenvalue weighted by atomic mass is 16.5. The molecule has 0 saturated carbocycles. The number of rotatable bonds is 7. The first-order valence-electron chi connectivity index (χ1n) is 10.4. The fourth-order valence-electron chi connectivity index (χ4n) is 3.98. The van der Waals surface area contributed by atoms with Gasteiger partial charge in [0.1, 0.15) is 17.5 Å². The molecule has 0 radical (unpaired) electrons. The van der Waals surface area contributed by atoms with Crippen LogP contribution in [0.2, 0.25) is 0 Å². The number of anilines is 1. The van der Waals surface area contributed by atoms with E-state index in [4.69, 9.17) is 4.52 Å². The highest BCUT2D eigenvalue weighted by molar-refractivity contribution is 5.88. The summed E-state index contributed by atoms with van der Waals surface area (Å²) in [6.07, 6.45) is 6.05. The maximum Gasteiger partial charge on any atom is 0.263 e.